The van der Waals surface area contributed by atoms with Crippen molar-refractivity contribution in [2.24, 2.45) is 0 Å². The molecule has 1 N–H and O–H groups in total. The zero-order valence-electron chi connectivity index (χ0n) is 12.0. The summed E-state index contributed by atoms with van der Waals surface area (Å²) in [5, 5.41) is 21.7. The lowest BCUT2D eigenvalue weighted by Gasteiger charge is -2.03. The molecule has 21 heavy (non-hydrogen) atoms. The molecule has 0 radical (unpaired) electrons. The smallest absolute Gasteiger partial charge is 0.310 e. The second-order valence-electron chi connectivity index (χ2n) is 4.05. The molecule has 1 heterocycles. The monoisotopic (exact) mass is 289 g/mol. The molecule has 1 aromatic carbocycles. The average Bonchev–Trinajstić information content (AvgIpc) is 2.98. The maximum Gasteiger partial charge on any atom is 0.310 e. The number of nitriles is 1. The molecule has 0 bridgehead atoms. The molecule has 0 aliphatic carbocycles. The van der Waals surface area contributed by atoms with Crippen molar-refractivity contribution in [3.05, 3.63) is 47.5 Å². The van der Waals surface area contributed by atoms with Crippen LogP contribution in [0, 0.1) is 17.1 Å². The highest BCUT2D eigenvalue weighted by molar-refractivity contribution is 5.75. The van der Waals surface area contributed by atoms with E-state index in [4.69, 9.17) is 10.4 Å². The molecule has 0 saturated heterocycles. The summed E-state index contributed by atoms with van der Waals surface area (Å²) in [5.74, 6) is -2.22. The fourth-order valence-corrected chi connectivity index (χ4v) is 1.59. The molecule has 0 spiro atoms. The molecule has 5 nitrogen and oxygen atoms in total. The molecular formula is C15H16FN3O2. The number of carbonyl (C=O) groups is 1. The van der Waals surface area contributed by atoms with Crippen LogP contribution < -0.4 is 0 Å². The van der Waals surface area contributed by atoms with Crippen LogP contribution in [0.15, 0.2) is 30.6 Å². The SMILES string of the molecule is CC.CC(C(=O)O)c1cnn(-c2ccc(F)c(C#N)c2)c1. The Kier molecular flexibility index (Phi) is 5.61. The fourth-order valence-electron chi connectivity index (χ4n) is 1.59. The van der Waals surface area contributed by atoms with Gasteiger partial charge in [-0.3, -0.25) is 4.79 Å². The highest BCUT2D eigenvalue weighted by atomic mass is 19.1. The first kappa shape index (κ1) is 16.4. The molecule has 1 unspecified atom stereocenters. The van der Waals surface area contributed by atoms with Crippen LogP contribution >= 0.6 is 0 Å². The Morgan fingerprint density at radius 3 is 2.71 bits per heavy atom. The van der Waals surface area contributed by atoms with E-state index < -0.39 is 17.7 Å². The minimum atomic E-state index is -0.948. The molecule has 0 saturated carbocycles. The largest absolute Gasteiger partial charge is 0.481 e. The van der Waals surface area contributed by atoms with Crippen LogP contribution in [0.2, 0.25) is 0 Å². The second-order valence-corrected chi connectivity index (χ2v) is 4.05. The van der Waals surface area contributed by atoms with Crippen LogP contribution in [0.1, 0.15) is 37.8 Å². The van der Waals surface area contributed by atoms with Gasteiger partial charge in [0.05, 0.1) is 23.4 Å². The minimum absolute atomic E-state index is 0.0826. The Morgan fingerprint density at radius 2 is 2.14 bits per heavy atom. The minimum Gasteiger partial charge on any atom is -0.481 e. The first-order valence-electron chi connectivity index (χ1n) is 6.50. The number of nitrogens with zero attached hydrogens (tertiary/aromatic N) is 3. The predicted molar refractivity (Wildman–Crippen MR) is 75.6 cm³/mol. The van der Waals surface area contributed by atoms with Crippen molar-refractivity contribution in [3.63, 3.8) is 0 Å². The fraction of sp³-hybridized carbons (Fsp3) is 0.267. The molecule has 1 aromatic heterocycles. The normalized spacial score (nSPS) is 11.0. The van der Waals surface area contributed by atoms with E-state index in [0.29, 0.717) is 11.3 Å². The van der Waals surface area contributed by atoms with Crippen LogP contribution in [0.25, 0.3) is 5.69 Å². The molecule has 0 fully saturated rings. The summed E-state index contributed by atoms with van der Waals surface area (Å²) < 4.78 is 14.6. The Morgan fingerprint density at radius 1 is 1.48 bits per heavy atom. The third-order valence-electron chi connectivity index (χ3n) is 2.81. The topological polar surface area (TPSA) is 78.9 Å². The molecular weight excluding hydrogens is 273 g/mol. The maximum absolute atomic E-state index is 13.2. The maximum atomic E-state index is 13.2. The Bertz CT molecular complexity index is 674. The number of carboxylic acids is 1. The first-order valence-corrected chi connectivity index (χ1v) is 6.50. The molecule has 0 aliphatic rings. The van der Waals surface area contributed by atoms with Gasteiger partial charge in [0.15, 0.2) is 0 Å². The Balaban J connectivity index is 0.00000106. The van der Waals surface area contributed by atoms with E-state index >= 15 is 0 Å². The summed E-state index contributed by atoms with van der Waals surface area (Å²) in [7, 11) is 0. The summed E-state index contributed by atoms with van der Waals surface area (Å²) in [5.41, 5.74) is 0.956. The number of benzene rings is 1. The van der Waals surface area contributed by atoms with E-state index in [9.17, 15) is 9.18 Å². The van der Waals surface area contributed by atoms with Gasteiger partial charge in [0.2, 0.25) is 0 Å². The first-order chi connectivity index (χ1) is 10.0. The highest BCUT2D eigenvalue weighted by Crippen LogP contribution is 2.18. The summed E-state index contributed by atoms with van der Waals surface area (Å²) >= 11 is 0. The van der Waals surface area contributed by atoms with Crippen LogP contribution in [0.3, 0.4) is 0 Å². The molecule has 0 aliphatic heterocycles. The molecule has 110 valence electrons. The van der Waals surface area contributed by atoms with Crippen LogP contribution in [-0.4, -0.2) is 20.9 Å². The van der Waals surface area contributed by atoms with Crippen molar-refractivity contribution in [1.29, 1.82) is 5.26 Å². The van der Waals surface area contributed by atoms with Gasteiger partial charge in [0.25, 0.3) is 0 Å². The predicted octanol–water partition coefficient (Wildman–Crippen LogP) is 3.10. The van der Waals surface area contributed by atoms with Gasteiger partial charge in [-0.05, 0) is 25.1 Å². The zero-order valence-corrected chi connectivity index (χ0v) is 12.0. The van der Waals surface area contributed by atoms with Gasteiger partial charge in [-0.25, -0.2) is 9.07 Å². The van der Waals surface area contributed by atoms with Crippen LogP contribution in [0.4, 0.5) is 4.39 Å². The lowest BCUT2D eigenvalue weighted by atomic mass is 10.1. The Labute approximate surface area is 122 Å². The van der Waals surface area contributed by atoms with Crippen LogP contribution in [-0.2, 0) is 4.79 Å². The number of hydrogen-bond acceptors (Lipinski definition) is 3. The third kappa shape index (κ3) is 3.66. The number of hydrogen-bond donors (Lipinski definition) is 1. The number of aromatic nitrogens is 2. The van der Waals surface area contributed by atoms with Crippen LogP contribution in [0.5, 0.6) is 0 Å². The number of carboxylic acid groups (broad SMARTS) is 1. The quantitative estimate of drug-likeness (QED) is 0.941. The van der Waals surface area contributed by atoms with E-state index in [2.05, 4.69) is 5.10 Å². The van der Waals surface area contributed by atoms with E-state index in [1.54, 1.807) is 19.2 Å². The van der Waals surface area contributed by atoms with E-state index in [-0.39, 0.29) is 5.56 Å². The van der Waals surface area contributed by atoms with Gasteiger partial charge in [-0.15, -0.1) is 0 Å². The molecule has 0 amide bonds. The lowest BCUT2D eigenvalue weighted by Crippen LogP contribution is -2.06. The molecule has 6 heteroatoms. The van der Waals surface area contributed by atoms with Gasteiger partial charge in [-0.1, -0.05) is 13.8 Å². The van der Waals surface area contributed by atoms with Gasteiger partial charge in [0, 0.05) is 11.8 Å². The van der Waals surface area contributed by atoms with Crippen molar-refractivity contribution in [1.82, 2.24) is 9.78 Å². The zero-order chi connectivity index (χ0) is 16.0. The Hall–Kier alpha value is -2.68. The molecule has 1 atom stereocenters. The third-order valence-corrected chi connectivity index (χ3v) is 2.81. The summed E-state index contributed by atoms with van der Waals surface area (Å²) in [6.07, 6.45) is 2.99. The standard InChI is InChI=1S/C13H10FN3O2.C2H6/c1-8(13(18)19)10-6-16-17(7-10)11-2-3-12(14)9(4-11)5-15;1-2/h2-4,6-8H,1H3,(H,18,19);1-2H3. The second kappa shape index (κ2) is 7.20. The van der Waals surface area contributed by atoms with Crippen molar-refractivity contribution < 1.29 is 14.3 Å². The van der Waals surface area contributed by atoms with E-state index in [1.807, 2.05) is 13.8 Å². The van der Waals surface area contributed by atoms with Crippen molar-refractivity contribution in [2.45, 2.75) is 26.7 Å². The van der Waals surface area contributed by atoms with Gasteiger partial charge in [0.1, 0.15) is 11.9 Å². The van der Waals surface area contributed by atoms with E-state index in [1.165, 1.54) is 29.1 Å². The number of rotatable bonds is 3. The van der Waals surface area contributed by atoms with E-state index in [0.717, 1.165) is 0 Å². The van der Waals surface area contributed by atoms with Crippen molar-refractivity contribution >= 4 is 5.97 Å². The molecule has 2 aromatic rings. The lowest BCUT2D eigenvalue weighted by molar-refractivity contribution is -0.138. The summed E-state index contributed by atoms with van der Waals surface area (Å²) in [4.78, 5) is 10.9. The summed E-state index contributed by atoms with van der Waals surface area (Å²) in [6, 6.07) is 5.75. The molecule has 2 rings (SSSR count). The number of aliphatic carboxylic acids is 1. The average molecular weight is 289 g/mol. The van der Waals surface area contributed by atoms with Crippen molar-refractivity contribution in [3.8, 4) is 11.8 Å². The van der Waals surface area contributed by atoms with Crippen molar-refractivity contribution in [2.75, 3.05) is 0 Å². The van der Waals surface area contributed by atoms with Gasteiger partial charge < -0.3 is 5.11 Å². The van der Waals surface area contributed by atoms with Gasteiger partial charge in [-0.2, -0.15) is 10.4 Å². The van der Waals surface area contributed by atoms with Gasteiger partial charge >= 0.3 is 5.97 Å². The summed E-state index contributed by atoms with van der Waals surface area (Å²) in [6.45, 7) is 5.55. The highest BCUT2D eigenvalue weighted by Gasteiger charge is 2.16. The number of halogens is 1.